The van der Waals surface area contributed by atoms with Crippen LogP contribution in [0.25, 0.3) is 0 Å². The molecule has 0 saturated heterocycles. The summed E-state index contributed by atoms with van der Waals surface area (Å²) in [5, 5.41) is 0.192. The van der Waals surface area contributed by atoms with Gasteiger partial charge in [0.05, 0.1) is 18.8 Å². The number of rotatable bonds is 23. The molecule has 1 aliphatic rings. The van der Waals surface area contributed by atoms with Crippen LogP contribution >= 0.6 is 0 Å². The van der Waals surface area contributed by atoms with Crippen molar-refractivity contribution in [1.82, 2.24) is 0 Å². The van der Waals surface area contributed by atoms with Gasteiger partial charge in [0.15, 0.2) is 16.6 Å². The first kappa shape index (κ1) is 44.8. The van der Waals surface area contributed by atoms with E-state index in [-0.39, 0.29) is 40.1 Å². The molecular formula is C40H76O6Si2. The standard InChI is InChI=1S/C40H76O6Si2/c1-14-17-21-25-32(45-47(10,11)39(4,5)6)28-29-34-33(26-22-19-20-23-27-37(41)43-30-18-15-2)35(44-38(42)24-16-3)31-36(34)46-48(12,13)40(7,8)9/h28-29,32,34,36H,14-27,30-31H2,1-13H3/b29-28+/t32-,34+,36+/m0/s1. The molecule has 3 atom stereocenters. The Morgan fingerprint density at radius 1 is 0.771 bits per heavy atom. The Morgan fingerprint density at radius 2 is 1.40 bits per heavy atom. The first-order valence-corrected chi connectivity index (χ1v) is 25.2. The van der Waals surface area contributed by atoms with E-state index in [0.29, 0.717) is 25.9 Å². The molecule has 0 aromatic rings. The fraction of sp³-hybridized carbons (Fsp3) is 0.850. The van der Waals surface area contributed by atoms with Gasteiger partial charge in [-0.05, 0) is 80.4 Å². The number of esters is 2. The van der Waals surface area contributed by atoms with Crippen LogP contribution in [0.4, 0.5) is 0 Å². The highest BCUT2D eigenvalue weighted by molar-refractivity contribution is 6.74. The normalized spacial score (nSPS) is 18.5. The second kappa shape index (κ2) is 21.2. The second-order valence-electron chi connectivity index (χ2n) is 17.1. The number of ether oxygens (including phenoxy) is 2. The van der Waals surface area contributed by atoms with Crippen LogP contribution in [-0.4, -0.2) is 47.4 Å². The van der Waals surface area contributed by atoms with Gasteiger partial charge in [-0.3, -0.25) is 9.59 Å². The van der Waals surface area contributed by atoms with Gasteiger partial charge in [0.2, 0.25) is 0 Å². The monoisotopic (exact) mass is 709 g/mol. The second-order valence-corrected chi connectivity index (χ2v) is 26.6. The Morgan fingerprint density at radius 3 is 1.98 bits per heavy atom. The number of unbranched alkanes of at least 4 members (excludes halogenated alkanes) is 6. The predicted molar refractivity (Wildman–Crippen MR) is 207 cm³/mol. The van der Waals surface area contributed by atoms with Gasteiger partial charge in [-0.1, -0.05) is 113 Å². The zero-order valence-corrected chi connectivity index (χ0v) is 35.6. The van der Waals surface area contributed by atoms with Gasteiger partial charge in [0.25, 0.3) is 0 Å². The third-order valence-corrected chi connectivity index (χ3v) is 19.7. The highest BCUT2D eigenvalue weighted by atomic mass is 28.4. The van der Waals surface area contributed by atoms with Crippen LogP contribution in [0.1, 0.15) is 159 Å². The van der Waals surface area contributed by atoms with Crippen LogP contribution < -0.4 is 0 Å². The van der Waals surface area contributed by atoms with E-state index in [4.69, 9.17) is 18.3 Å². The van der Waals surface area contributed by atoms with E-state index in [1.54, 1.807) is 0 Å². The molecule has 0 saturated carbocycles. The fourth-order valence-electron chi connectivity index (χ4n) is 5.50. The maximum Gasteiger partial charge on any atom is 0.310 e. The summed E-state index contributed by atoms with van der Waals surface area (Å²) in [5.74, 6) is 0.616. The molecule has 0 aromatic carbocycles. The lowest BCUT2D eigenvalue weighted by molar-refractivity contribution is -0.144. The van der Waals surface area contributed by atoms with Crippen LogP contribution in [0.2, 0.25) is 36.3 Å². The molecule has 280 valence electrons. The summed E-state index contributed by atoms with van der Waals surface area (Å²) in [7, 11) is -4.10. The van der Waals surface area contributed by atoms with Gasteiger partial charge in [-0.2, -0.15) is 0 Å². The molecule has 1 aliphatic carbocycles. The first-order valence-electron chi connectivity index (χ1n) is 19.4. The van der Waals surface area contributed by atoms with Crippen LogP contribution in [0, 0.1) is 5.92 Å². The quantitative estimate of drug-likeness (QED) is 0.0455. The van der Waals surface area contributed by atoms with Gasteiger partial charge in [0, 0.05) is 25.2 Å². The number of hydrogen-bond acceptors (Lipinski definition) is 6. The third-order valence-electron chi connectivity index (χ3n) is 10.7. The summed E-state index contributed by atoms with van der Waals surface area (Å²) in [4.78, 5) is 24.9. The van der Waals surface area contributed by atoms with E-state index in [2.05, 4.69) is 93.7 Å². The smallest absolute Gasteiger partial charge is 0.310 e. The topological polar surface area (TPSA) is 71.1 Å². The third kappa shape index (κ3) is 15.8. The Balaban J connectivity index is 3.36. The summed E-state index contributed by atoms with van der Waals surface area (Å²) in [6.45, 7) is 30.0. The Bertz CT molecular complexity index is 1020. The van der Waals surface area contributed by atoms with Crippen molar-refractivity contribution < 1.29 is 27.9 Å². The van der Waals surface area contributed by atoms with E-state index >= 15 is 0 Å². The van der Waals surface area contributed by atoms with Crippen molar-refractivity contribution in [3.63, 3.8) is 0 Å². The first-order chi connectivity index (χ1) is 22.3. The van der Waals surface area contributed by atoms with Gasteiger partial charge >= 0.3 is 11.9 Å². The lowest BCUT2D eigenvalue weighted by atomic mass is 9.93. The van der Waals surface area contributed by atoms with Crippen LogP contribution in [-0.2, 0) is 27.9 Å². The maximum absolute atomic E-state index is 12.9. The summed E-state index contributed by atoms with van der Waals surface area (Å²) >= 11 is 0. The Hall–Kier alpha value is -1.23. The van der Waals surface area contributed by atoms with Crippen molar-refractivity contribution in [3.8, 4) is 0 Å². The van der Waals surface area contributed by atoms with Crippen LogP contribution in [0.3, 0.4) is 0 Å². The average Bonchev–Trinajstić information content (AvgIpc) is 3.26. The van der Waals surface area contributed by atoms with E-state index < -0.39 is 16.6 Å². The highest BCUT2D eigenvalue weighted by Gasteiger charge is 2.44. The molecular weight excluding hydrogens is 633 g/mol. The molecule has 48 heavy (non-hydrogen) atoms. The van der Waals surface area contributed by atoms with Gasteiger partial charge < -0.3 is 18.3 Å². The number of carbonyl (C=O) groups is 2. The minimum absolute atomic E-state index is 0.0359. The fourth-order valence-corrected chi connectivity index (χ4v) is 8.14. The lowest BCUT2D eigenvalue weighted by Crippen LogP contribution is -2.45. The van der Waals surface area contributed by atoms with Crippen molar-refractivity contribution in [2.24, 2.45) is 5.92 Å². The highest BCUT2D eigenvalue weighted by Crippen LogP contribution is 2.45. The van der Waals surface area contributed by atoms with Crippen molar-refractivity contribution in [1.29, 1.82) is 0 Å². The van der Waals surface area contributed by atoms with Crippen LogP contribution in [0.15, 0.2) is 23.5 Å². The maximum atomic E-state index is 12.9. The average molecular weight is 709 g/mol. The summed E-state index contributed by atoms with van der Waals surface area (Å²) in [5.41, 5.74) is 1.21. The minimum atomic E-state index is -2.11. The predicted octanol–water partition coefficient (Wildman–Crippen LogP) is 12.2. The molecule has 1 rings (SSSR count). The number of hydrogen-bond donors (Lipinski definition) is 0. The van der Waals surface area contributed by atoms with E-state index in [9.17, 15) is 9.59 Å². The van der Waals surface area contributed by atoms with Gasteiger partial charge in [0.1, 0.15) is 5.76 Å². The molecule has 6 nitrogen and oxygen atoms in total. The summed E-state index contributed by atoms with van der Waals surface area (Å²) < 4.78 is 25.6. The largest absolute Gasteiger partial charge is 0.466 e. The minimum Gasteiger partial charge on any atom is -0.466 e. The van der Waals surface area contributed by atoms with Crippen molar-refractivity contribution >= 4 is 28.6 Å². The molecule has 0 bridgehead atoms. The van der Waals surface area contributed by atoms with Crippen LogP contribution in [0.5, 0.6) is 0 Å². The van der Waals surface area contributed by atoms with Crippen molar-refractivity contribution in [3.05, 3.63) is 23.5 Å². The molecule has 0 spiro atoms. The molecule has 0 aliphatic heterocycles. The van der Waals surface area contributed by atoms with Crippen molar-refractivity contribution in [2.45, 2.75) is 207 Å². The van der Waals surface area contributed by atoms with E-state index in [1.807, 2.05) is 6.92 Å². The zero-order chi connectivity index (χ0) is 36.6. The molecule has 0 heterocycles. The zero-order valence-electron chi connectivity index (χ0n) is 33.6. The van der Waals surface area contributed by atoms with Gasteiger partial charge in [-0.25, -0.2) is 0 Å². The van der Waals surface area contributed by atoms with Crippen molar-refractivity contribution in [2.75, 3.05) is 6.61 Å². The SMILES string of the molecule is CCCCC[C@@H](/C=C/[C@@H]1C(CCCCCCC(=O)OCCCC)=C(OC(=O)CCC)C[C@H]1O[Si](C)(C)C(C)(C)C)O[Si](C)(C)C(C)(C)C. The van der Waals surface area contributed by atoms with Gasteiger partial charge in [-0.15, -0.1) is 0 Å². The lowest BCUT2D eigenvalue weighted by Gasteiger charge is -2.40. The van der Waals surface area contributed by atoms with E-state index in [0.717, 1.165) is 70.0 Å². The molecule has 0 amide bonds. The Labute approximate surface area is 298 Å². The molecule has 8 heteroatoms. The molecule has 0 radical (unpaired) electrons. The summed E-state index contributed by atoms with van der Waals surface area (Å²) in [6.07, 6.45) is 18.1. The Kier molecular flexibility index (Phi) is 19.8. The number of carbonyl (C=O) groups excluding carboxylic acids is 2. The molecule has 0 fully saturated rings. The molecule has 0 aromatic heterocycles. The summed E-state index contributed by atoms with van der Waals surface area (Å²) in [6, 6.07) is 0. The molecule has 0 unspecified atom stereocenters. The molecule has 0 N–H and O–H groups in total. The van der Waals surface area contributed by atoms with E-state index in [1.165, 1.54) is 18.4 Å².